The third-order valence-corrected chi connectivity index (χ3v) is 10.7. The van der Waals surface area contributed by atoms with E-state index >= 15 is 0 Å². The summed E-state index contributed by atoms with van der Waals surface area (Å²) in [5.41, 5.74) is 5.73. The molecule has 0 saturated heterocycles. The predicted molar refractivity (Wildman–Crippen MR) is 246 cm³/mol. The van der Waals surface area contributed by atoms with E-state index in [0.29, 0.717) is 6.42 Å². The fourth-order valence-corrected chi connectivity index (χ4v) is 6.31. The number of carboxylic acid groups (broad SMARTS) is 1. The smallest absolute Gasteiger partial charge is 0.325 e. The van der Waals surface area contributed by atoms with Crippen LogP contribution in [0.5, 0.6) is 0 Å². The summed E-state index contributed by atoms with van der Waals surface area (Å²) >= 11 is 8.12. The van der Waals surface area contributed by atoms with Crippen molar-refractivity contribution >= 4 is 84.4 Å². The monoisotopic (exact) mass is 980 g/mol. The lowest BCUT2D eigenvalue weighted by Crippen LogP contribution is -2.63. The number of thiol groups is 2. The molecule has 0 rings (SSSR count). The number of carbonyl (C=O) groups is 10. The average molecular weight is 981 g/mol. The van der Waals surface area contributed by atoms with Gasteiger partial charge in [0.05, 0.1) is 25.4 Å². The van der Waals surface area contributed by atoms with Crippen LogP contribution in [0.25, 0.3) is 0 Å². The molecule has 26 heteroatoms. The van der Waals surface area contributed by atoms with E-state index < -0.39 is 145 Å². The van der Waals surface area contributed by atoms with Crippen LogP contribution in [0, 0.1) is 17.8 Å². The Hall–Kier alpha value is -4.76. The molecule has 0 aromatic carbocycles. The fourth-order valence-electron chi connectivity index (χ4n) is 5.80. The van der Waals surface area contributed by atoms with Gasteiger partial charge in [-0.1, -0.05) is 48.0 Å². The van der Waals surface area contributed by atoms with Gasteiger partial charge in [0.25, 0.3) is 0 Å². The Kier molecular flexibility index (Phi) is 28.3. The molecule has 0 bridgehead atoms. The molecule has 378 valence electrons. The Bertz CT molecular complexity index is 1670. The molecule has 24 nitrogen and oxygen atoms in total. The number of carbonyl (C=O) groups excluding carboxylic acids is 9. The number of rotatable bonds is 30. The highest BCUT2D eigenvalue weighted by Gasteiger charge is 2.37. The molecule has 15 N–H and O–H groups in total. The lowest BCUT2D eigenvalue weighted by atomic mass is 9.96. The third kappa shape index (κ3) is 21.7. The maximum absolute atomic E-state index is 13.7. The number of carboxylic acids is 1. The minimum Gasteiger partial charge on any atom is -0.480 e. The Morgan fingerprint density at radius 1 is 0.515 bits per heavy atom. The maximum Gasteiger partial charge on any atom is 0.325 e. The first-order valence-corrected chi connectivity index (χ1v) is 22.8. The van der Waals surface area contributed by atoms with Gasteiger partial charge >= 0.3 is 5.97 Å². The van der Waals surface area contributed by atoms with Crippen LogP contribution in [-0.2, 0) is 47.9 Å². The molecule has 0 aromatic heterocycles. The highest BCUT2D eigenvalue weighted by molar-refractivity contribution is 7.80. The SMILES string of the molecule is CC[C@H](C)[C@H](NC(=O)[C@@H](N)[C@@H](C)O)C(=O)N[C@H](C(=O)N[C@@H](CC(C)C)C(=O)N[C@@H](CO)C(=O)N[C@@H](CC(C)C)C(=O)N[C@@H](CS)C(=O)NCC(=O)N[C@@H](CS)C(=O)N[C@@H](C)C(=O)O)[C@@H](C)O. The predicted octanol–water partition coefficient (Wildman–Crippen LogP) is -4.84. The Labute approximate surface area is 395 Å². The van der Waals surface area contributed by atoms with Gasteiger partial charge in [-0.05, 0) is 51.4 Å². The van der Waals surface area contributed by atoms with Crippen LogP contribution in [0.3, 0.4) is 0 Å². The van der Waals surface area contributed by atoms with Gasteiger partial charge in [-0.2, -0.15) is 25.3 Å². The molecule has 0 aromatic rings. The van der Waals surface area contributed by atoms with Crippen molar-refractivity contribution in [3.63, 3.8) is 0 Å². The summed E-state index contributed by atoms with van der Waals surface area (Å²) in [4.78, 5) is 129. The lowest BCUT2D eigenvalue weighted by molar-refractivity contribution is -0.141. The van der Waals surface area contributed by atoms with Crippen molar-refractivity contribution in [2.75, 3.05) is 24.7 Å². The molecule has 0 aliphatic carbocycles. The van der Waals surface area contributed by atoms with Crippen LogP contribution in [0.15, 0.2) is 0 Å². The zero-order valence-electron chi connectivity index (χ0n) is 38.9. The maximum atomic E-state index is 13.7. The van der Waals surface area contributed by atoms with E-state index in [2.05, 4.69) is 73.1 Å². The molecule has 0 spiro atoms. The average Bonchev–Trinajstić information content (AvgIpc) is 3.24. The third-order valence-electron chi connectivity index (χ3n) is 9.98. The number of amides is 9. The fraction of sp³-hybridized carbons (Fsp3) is 0.750. The van der Waals surface area contributed by atoms with Crippen LogP contribution in [-0.4, -0.2) is 171 Å². The van der Waals surface area contributed by atoms with Crippen molar-refractivity contribution in [3.05, 3.63) is 0 Å². The van der Waals surface area contributed by atoms with Crippen LogP contribution in [0.1, 0.15) is 81.6 Å². The van der Waals surface area contributed by atoms with Gasteiger partial charge in [-0.15, -0.1) is 0 Å². The topological polar surface area (TPSA) is 386 Å². The second-order valence-electron chi connectivity index (χ2n) is 16.8. The molecule has 66 heavy (non-hydrogen) atoms. The summed E-state index contributed by atoms with van der Waals surface area (Å²) < 4.78 is 0. The van der Waals surface area contributed by atoms with Crippen molar-refractivity contribution in [2.45, 2.75) is 148 Å². The van der Waals surface area contributed by atoms with E-state index in [1.165, 1.54) is 20.8 Å². The number of aliphatic hydroxyl groups excluding tert-OH is 3. The number of aliphatic carboxylic acids is 1. The van der Waals surface area contributed by atoms with Gasteiger partial charge in [0.15, 0.2) is 0 Å². The molecule has 0 unspecified atom stereocenters. The van der Waals surface area contributed by atoms with E-state index in [1.54, 1.807) is 41.5 Å². The van der Waals surface area contributed by atoms with E-state index in [-0.39, 0.29) is 36.2 Å². The number of hydrogen-bond donors (Lipinski definition) is 16. The van der Waals surface area contributed by atoms with E-state index in [4.69, 9.17) is 10.8 Å². The summed E-state index contributed by atoms with van der Waals surface area (Å²) in [6.45, 7) is 12.4. The first-order chi connectivity index (χ1) is 30.6. The standard InChI is InChI=1S/C40H72N10O14S2/c1-10-19(6)30(49-37(60)29(41)21(8)52)38(61)50-31(22(9)53)39(62)46-24(12-18(4)5)33(56)47-25(14-51)35(58)45-23(11-17(2)3)34(57)48-26(15-65)32(55)42-13-28(54)44-27(16-66)36(59)43-20(7)40(63)64/h17-27,29-31,51-53,65-66H,10-16,41H2,1-9H3,(H,42,55)(H,43,59)(H,44,54)(H,45,58)(H,46,62)(H,47,56)(H,48,57)(H,49,60)(H,50,61)(H,63,64)/t19-,20-,21+,22+,23-,24-,25-,26-,27-,29-,30-,31-/m0/s1. The van der Waals surface area contributed by atoms with Crippen molar-refractivity contribution in [1.82, 2.24) is 47.9 Å². The van der Waals surface area contributed by atoms with E-state index in [9.17, 15) is 63.3 Å². The summed E-state index contributed by atoms with van der Waals surface area (Å²) in [6.07, 6.45) is -2.38. The van der Waals surface area contributed by atoms with Crippen molar-refractivity contribution in [3.8, 4) is 0 Å². The summed E-state index contributed by atoms with van der Waals surface area (Å²) in [5, 5.41) is 60.9. The van der Waals surface area contributed by atoms with Gasteiger partial charge in [-0.25, -0.2) is 0 Å². The minimum absolute atomic E-state index is 0.00801. The van der Waals surface area contributed by atoms with Crippen molar-refractivity contribution in [2.24, 2.45) is 23.5 Å². The number of nitrogens with one attached hydrogen (secondary N) is 9. The molecule has 0 radical (unpaired) electrons. The summed E-state index contributed by atoms with van der Waals surface area (Å²) in [7, 11) is 0. The largest absolute Gasteiger partial charge is 0.480 e. The number of nitrogens with two attached hydrogens (primary N) is 1. The van der Waals surface area contributed by atoms with Crippen molar-refractivity contribution < 1.29 is 68.4 Å². The van der Waals surface area contributed by atoms with Crippen LogP contribution in [0.4, 0.5) is 0 Å². The lowest BCUT2D eigenvalue weighted by Gasteiger charge is -2.30. The normalized spacial score (nSPS) is 16.7. The second kappa shape index (κ2) is 30.5. The molecule has 0 aliphatic heterocycles. The first-order valence-electron chi connectivity index (χ1n) is 21.5. The molecule has 0 saturated carbocycles. The zero-order chi connectivity index (χ0) is 51.2. The van der Waals surface area contributed by atoms with E-state index in [0.717, 1.165) is 0 Å². The van der Waals surface area contributed by atoms with Crippen LogP contribution < -0.4 is 53.6 Å². The molecular formula is C40H72N10O14S2. The molecule has 9 amide bonds. The van der Waals surface area contributed by atoms with Gasteiger partial charge < -0.3 is 74.0 Å². The van der Waals surface area contributed by atoms with Gasteiger partial charge in [0.2, 0.25) is 53.2 Å². The molecule has 12 atom stereocenters. The summed E-state index contributed by atoms with van der Waals surface area (Å²) in [5.74, 6) is -10.8. The van der Waals surface area contributed by atoms with Crippen LogP contribution >= 0.6 is 25.3 Å². The highest BCUT2D eigenvalue weighted by atomic mass is 32.1. The summed E-state index contributed by atoms with van der Waals surface area (Å²) in [6, 6.07) is -12.5. The second-order valence-corrected chi connectivity index (χ2v) is 17.6. The quantitative estimate of drug-likeness (QED) is 0.0300. The minimum atomic E-state index is -1.68. The molecule has 0 aliphatic rings. The van der Waals surface area contributed by atoms with Gasteiger partial charge in [0.1, 0.15) is 54.4 Å². The first kappa shape index (κ1) is 61.2. The Balaban J connectivity index is 6.01. The van der Waals surface area contributed by atoms with Gasteiger partial charge in [-0.3, -0.25) is 47.9 Å². The molecular weight excluding hydrogens is 909 g/mol. The van der Waals surface area contributed by atoms with Gasteiger partial charge in [0, 0.05) is 11.5 Å². The van der Waals surface area contributed by atoms with Crippen LogP contribution in [0.2, 0.25) is 0 Å². The Morgan fingerprint density at radius 2 is 0.924 bits per heavy atom. The number of aliphatic hydroxyl groups is 3. The highest BCUT2D eigenvalue weighted by Crippen LogP contribution is 2.12. The molecule has 0 heterocycles. The number of hydrogen-bond acceptors (Lipinski definition) is 16. The van der Waals surface area contributed by atoms with E-state index in [1.807, 2.05) is 0 Å². The Morgan fingerprint density at radius 3 is 1.35 bits per heavy atom. The van der Waals surface area contributed by atoms with Crippen molar-refractivity contribution in [1.29, 1.82) is 0 Å². The zero-order valence-corrected chi connectivity index (χ0v) is 40.7. The molecule has 0 fully saturated rings.